The molecule has 37 heavy (non-hydrogen) atoms. The lowest BCUT2D eigenvalue weighted by Gasteiger charge is -2.19. The van der Waals surface area contributed by atoms with E-state index in [9.17, 15) is 14.9 Å². The molecule has 3 aromatic rings. The molecule has 190 valence electrons. The molecule has 0 aromatic heterocycles. The van der Waals surface area contributed by atoms with E-state index in [2.05, 4.69) is 37.8 Å². The molecule has 0 saturated heterocycles. The van der Waals surface area contributed by atoms with Crippen LogP contribution in [0.1, 0.15) is 47.3 Å². The molecule has 7 nitrogen and oxygen atoms in total. The fourth-order valence-corrected chi connectivity index (χ4v) is 4.06. The molecular weight excluding hydrogens is 556 g/mol. The smallest absolute Gasteiger partial charge is 0.262 e. The number of ether oxygens (including phenoxy) is 1. The quantitative estimate of drug-likeness (QED) is 0.232. The van der Waals surface area contributed by atoms with Gasteiger partial charge in [-0.05, 0) is 82.4 Å². The van der Waals surface area contributed by atoms with E-state index in [0.29, 0.717) is 32.8 Å². The van der Waals surface area contributed by atoms with E-state index in [-0.39, 0.29) is 18.4 Å². The van der Waals surface area contributed by atoms with E-state index < -0.39 is 11.9 Å². The molecule has 0 heterocycles. The van der Waals surface area contributed by atoms with Gasteiger partial charge in [-0.2, -0.15) is 10.4 Å². The Morgan fingerprint density at radius 2 is 1.86 bits per heavy atom. The normalized spacial score (nSPS) is 11.7. The van der Waals surface area contributed by atoms with Gasteiger partial charge in [0.15, 0.2) is 0 Å². The van der Waals surface area contributed by atoms with Crippen molar-refractivity contribution in [3.8, 4) is 11.8 Å². The number of carbonyl (C=O) groups excluding carboxylic acids is 2. The van der Waals surface area contributed by atoms with Gasteiger partial charge in [0.25, 0.3) is 11.8 Å². The van der Waals surface area contributed by atoms with Crippen molar-refractivity contribution in [1.29, 1.82) is 5.26 Å². The van der Waals surface area contributed by atoms with Gasteiger partial charge in [0.2, 0.25) is 0 Å². The van der Waals surface area contributed by atoms with E-state index in [1.807, 2.05) is 32.0 Å². The fraction of sp³-hybridized carbons (Fsp3) is 0.214. The van der Waals surface area contributed by atoms with Gasteiger partial charge in [0.1, 0.15) is 18.4 Å². The van der Waals surface area contributed by atoms with Crippen molar-refractivity contribution in [2.24, 2.45) is 11.0 Å². The highest BCUT2D eigenvalue weighted by Crippen LogP contribution is 2.26. The maximum absolute atomic E-state index is 12.8. The van der Waals surface area contributed by atoms with Crippen molar-refractivity contribution < 1.29 is 14.3 Å². The molecule has 0 aliphatic heterocycles. The van der Waals surface area contributed by atoms with Crippen molar-refractivity contribution in [2.45, 2.75) is 32.9 Å². The number of nitrogens with zero attached hydrogens (tertiary/aromatic N) is 2. The molecule has 1 unspecified atom stereocenters. The van der Waals surface area contributed by atoms with Gasteiger partial charge in [-0.3, -0.25) is 9.59 Å². The SMILES string of the molecule is CC(C)CC(NC(=O)c1ccc(Cl)cc1)C(=O)N/N=C/c1ccc(OCc2ccccc2C#N)c(Br)c1. The Balaban J connectivity index is 1.60. The average molecular weight is 582 g/mol. The van der Waals surface area contributed by atoms with Crippen LogP contribution in [0.25, 0.3) is 0 Å². The zero-order chi connectivity index (χ0) is 26.8. The number of hydrogen-bond acceptors (Lipinski definition) is 5. The second-order valence-corrected chi connectivity index (χ2v) is 9.94. The molecule has 0 radical (unpaired) electrons. The number of rotatable bonds is 10. The summed E-state index contributed by atoms with van der Waals surface area (Å²) < 4.78 is 6.55. The average Bonchev–Trinajstić information content (AvgIpc) is 2.88. The largest absolute Gasteiger partial charge is 0.488 e. The highest BCUT2D eigenvalue weighted by molar-refractivity contribution is 9.10. The number of benzene rings is 3. The molecule has 1 atom stereocenters. The molecule has 2 amide bonds. The summed E-state index contributed by atoms with van der Waals surface area (Å²) in [6.45, 7) is 4.20. The predicted octanol–water partition coefficient (Wildman–Crippen LogP) is 5.85. The first-order chi connectivity index (χ1) is 17.8. The Bertz CT molecular complexity index is 1320. The molecule has 0 aliphatic carbocycles. The van der Waals surface area contributed by atoms with Crippen molar-refractivity contribution in [3.05, 3.63) is 98.5 Å². The lowest BCUT2D eigenvalue weighted by atomic mass is 10.0. The molecule has 3 aromatic carbocycles. The minimum absolute atomic E-state index is 0.175. The third-order valence-corrected chi connectivity index (χ3v) is 6.17. The Labute approximate surface area is 229 Å². The topological polar surface area (TPSA) is 104 Å². The molecule has 2 N–H and O–H groups in total. The van der Waals surface area contributed by atoms with E-state index >= 15 is 0 Å². The Morgan fingerprint density at radius 3 is 2.54 bits per heavy atom. The van der Waals surface area contributed by atoms with Crippen LogP contribution < -0.4 is 15.5 Å². The van der Waals surface area contributed by atoms with Gasteiger partial charge in [0, 0.05) is 16.1 Å². The lowest BCUT2D eigenvalue weighted by Crippen LogP contribution is -2.46. The van der Waals surface area contributed by atoms with Crippen LogP contribution in [0.5, 0.6) is 5.75 Å². The van der Waals surface area contributed by atoms with E-state index in [4.69, 9.17) is 16.3 Å². The minimum Gasteiger partial charge on any atom is -0.488 e. The molecule has 0 spiro atoms. The summed E-state index contributed by atoms with van der Waals surface area (Å²) in [5.74, 6) is 0.00510. The Kier molecular flexibility index (Phi) is 10.2. The minimum atomic E-state index is -0.751. The Morgan fingerprint density at radius 1 is 1.14 bits per heavy atom. The fourth-order valence-electron chi connectivity index (χ4n) is 3.42. The van der Waals surface area contributed by atoms with Crippen molar-refractivity contribution in [3.63, 3.8) is 0 Å². The van der Waals surface area contributed by atoms with Gasteiger partial charge in [-0.15, -0.1) is 0 Å². The van der Waals surface area contributed by atoms with Gasteiger partial charge < -0.3 is 10.1 Å². The maximum Gasteiger partial charge on any atom is 0.262 e. The van der Waals surface area contributed by atoms with Crippen LogP contribution in [0.15, 0.2) is 76.3 Å². The summed E-state index contributed by atoms with van der Waals surface area (Å²) in [6, 6.07) is 20.5. The van der Waals surface area contributed by atoms with Crippen molar-refractivity contribution in [2.75, 3.05) is 0 Å². The summed E-state index contributed by atoms with van der Waals surface area (Å²) in [5, 5.41) is 16.6. The van der Waals surface area contributed by atoms with Crippen LogP contribution >= 0.6 is 27.5 Å². The summed E-state index contributed by atoms with van der Waals surface area (Å²) in [5.41, 5.74) is 5.02. The maximum atomic E-state index is 12.8. The molecule has 0 saturated carbocycles. The summed E-state index contributed by atoms with van der Waals surface area (Å²) in [4.78, 5) is 25.4. The second-order valence-electron chi connectivity index (χ2n) is 8.64. The van der Waals surface area contributed by atoms with Crippen LogP contribution in [0.4, 0.5) is 0 Å². The number of hydrogen-bond donors (Lipinski definition) is 2. The van der Waals surface area contributed by atoms with Crippen LogP contribution in [-0.2, 0) is 11.4 Å². The molecule has 0 bridgehead atoms. The number of carbonyl (C=O) groups is 2. The standard InChI is InChI=1S/C28H26BrClN4O3/c1-18(2)13-25(33-27(35)20-8-10-23(30)11-9-20)28(36)34-32-16-19-7-12-26(24(29)14-19)37-17-22-6-4-3-5-21(22)15-31/h3-12,14,16,18,25H,13,17H2,1-2H3,(H,33,35)(H,34,36)/b32-16+. The van der Waals surface area contributed by atoms with Crippen molar-refractivity contribution in [1.82, 2.24) is 10.7 Å². The lowest BCUT2D eigenvalue weighted by molar-refractivity contribution is -0.123. The number of nitriles is 1. The molecule has 0 aliphatic rings. The van der Waals surface area contributed by atoms with Gasteiger partial charge in [0.05, 0.1) is 22.3 Å². The molecule has 9 heteroatoms. The summed E-state index contributed by atoms with van der Waals surface area (Å²) >= 11 is 9.37. The van der Waals surface area contributed by atoms with E-state index in [1.165, 1.54) is 6.21 Å². The highest BCUT2D eigenvalue weighted by Gasteiger charge is 2.22. The van der Waals surface area contributed by atoms with Gasteiger partial charge >= 0.3 is 0 Å². The first-order valence-electron chi connectivity index (χ1n) is 11.6. The van der Waals surface area contributed by atoms with E-state index in [1.54, 1.807) is 48.5 Å². The number of halogens is 2. The molecule has 0 fully saturated rings. The van der Waals surface area contributed by atoms with Gasteiger partial charge in [-0.1, -0.05) is 43.6 Å². The second kappa shape index (κ2) is 13.6. The monoisotopic (exact) mass is 580 g/mol. The zero-order valence-corrected chi connectivity index (χ0v) is 22.7. The predicted molar refractivity (Wildman–Crippen MR) is 148 cm³/mol. The van der Waals surface area contributed by atoms with Crippen LogP contribution in [0.2, 0.25) is 5.02 Å². The number of hydrazone groups is 1. The van der Waals surface area contributed by atoms with E-state index in [0.717, 1.165) is 11.1 Å². The summed E-state index contributed by atoms with van der Waals surface area (Å²) in [7, 11) is 0. The molecular formula is C28H26BrClN4O3. The first kappa shape index (κ1) is 27.9. The van der Waals surface area contributed by atoms with Crippen molar-refractivity contribution >= 4 is 45.6 Å². The Hall–Kier alpha value is -3.67. The highest BCUT2D eigenvalue weighted by atomic mass is 79.9. The third kappa shape index (κ3) is 8.45. The number of nitrogens with one attached hydrogen (secondary N) is 2. The van der Waals surface area contributed by atoms with Crippen LogP contribution in [0, 0.1) is 17.2 Å². The zero-order valence-electron chi connectivity index (χ0n) is 20.4. The third-order valence-electron chi connectivity index (χ3n) is 5.30. The summed E-state index contributed by atoms with van der Waals surface area (Å²) in [6.07, 6.45) is 1.96. The molecule has 3 rings (SSSR count). The number of amides is 2. The van der Waals surface area contributed by atoms with Crippen LogP contribution in [-0.4, -0.2) is 24.1 Å². The first-order valence-corrected chi connectivity index (χ1v) is 12.7. The van der Waals surface area contributed by atoms with Gasteiger partial charge in [-0.25, -0.2) is 5.43 Å². The van der Waals surface area contributed by atoms with Crippen LogP contribution in [0.3, 0.4) is 0 Å².